The number of H-pyrrole nitrogens is 1. The summed E-state index contributed by atoms with van der Waals surface area (Å²) in [6.45, 7) is 3.03. The maximum absolute atomic E-state index is 5.06. The van der Waals surface area contributed by atoms with E-state index in [0.29, 0.717) is 5.92 Å². The molecule has 0 bridgehead atoms. The molecule has 1 aromatic rings. The zero-order chi connectivity index (χ0) is 7.84. The average molecular weight is 169 g/mol. The van der Waals surface area contributed by atoms with E-state index in [4.69, 9.17) is 12.2 Å². The van der Waals surface area contributed by atoms with Crippen molar-refractivity contribution in [1.82, 2.24) is 14.8 Å². The van der Waals surface area contributed by atoms with Gasteiger partial charge in [-0.3, -0.25) is 5.10 Å². The molecule has 3 nitrogen and oxygen atoms in total. The zero-order valence-corrected chi connectivity index (χ0v) is 7.32. The minimum atomic E-state index is 0.683. The molecule has 1 aromatic heterocycles. The van der Waals surface area contributed by atoms with Crippen LogP contribution in [0, 0.1) is 4.77 Å². The first-order chi connectivity index (χ1) is 5.33. The number of aromatic amines is 1. The molecular formula is C7H11N3S. The van der Waals surface area contributed by atoms with Gasteiger partial charge >= 0.3 is 0 Å². The highest BCUT2D eigenvalue weighted by Crippen LogP contribution is 2.38. The maximum atomic E-state index is 5.06. The lowest BCUT2D eigenvalue weighted by Crippen LogP contribution is -1.99. The summed E-state index contributed by atoms with van der Waals surface area (Å²) in [6, 6.07) is 0. The molecule has 1 N–H and O–H groups in total. The summed E-state index contributed by atoms with van der Waals surface area (Å²) in [4.78, 5) is 0. The van der Waals surface area contributed by atoms with Crippen LogP contribution in [0.3, 0.4) is 0 Å². The number of hydrogen-bond donors (Lipinski definition) is 1. The summed E-state index contributed by atoms with van der Waals surface area (Å²) < 4.78 is 2.84. The van der Waals surface area contributed by atoms with Gasteiger partial charge in [0.05, 0.1) is 0 Å². The van der Waals surface area contributed by atoms with Crippen molar-refractivity contribution in [3.8, 4) is 0 Å². The molecule has 1 saturated carbocycles. The highest BCUT2D eigenvalue weighted by atomic mass is 32.1. The van der Waals surface area contributed by atoms with Crippen LogP contribution < -0.4 is 0 Å². The zero-order valence-electron chi connectivity index (χ0n) is 6.50. The van der Waals surface area contributed by atoms with E-state index in [1.807, 2.05) is 0 Å². The topological polar surface area (TPSA) is 33.6 Å². The normalized spacial score (nSPS) is 17.2. The van der Waals surface area contributed by atoms with Crippen LogP contribution in [0.2, 0.25) is 0 Å². The summed E-state index contributed by atoms with van der Waals surface area (Å²) in [5.74, 6) is 1.83. The lowest BCUT2D eigenvalue weighted by molar-refractivity contribution is 0.693. The fourth-order valence-electron chi connectivity index (χ4n) is 1.29. The van der Waals surface area contributed by atoms with Crippen molar-refractivity contribution in [2.24, 2.45) is 0 Å². The lowest BCUT2D eigenvalue weighted by atomic mass is 10.4. The van der Waals surface area contributed by atoms with Gasteiger partial charge in [0.15, 0.2) is 4.77 Å². The first-order valence-corrected chi connectivity index (χ1v) is 4.39. The molecule has 0 unspecified atom stereocenters. The van der Waals surface area contributed by atoms with Crippen molar-refractivity contribution >= 4 is 12.2 Å². The van der Waals surface area contributed by atoms with Gasteiger partial charge in [-0.25, -0.2) is 0 Å². The molecule has 0 spiro atoms. The highest BCUT2D eigenvalue weighted by molar-refractivity contribution is 7.71. The third kappa shape index (κ3) is 1.11. The molecule has 0 saturated heterocycles. The summed E-state index contributed by atoms with van der Waals surface area (Å²) in [5, 5.41) is 7.02. The molecule has 1 aliphatic rings. The fourth-order valence-corrected chi connectivity index (χ4v) is 1.56. The van der Waals surface area contributed by atoms with E-state index in [-0.39, 0.29) is 0 Å². The molecule has 0 amide bonds. The van der Waals surface area contributed by atoms with Gasteiger partial charge in [-0.2, -0.15) is 5.10 Å². The van der Waals surface area contributed by atoms with Crippen molar-refractivity contribution < 1.29 is 0 Å². The second-order valence-corrected chi connectivity index (χ2v) is 3.29. The Morgan fingerprint density at radius 3 is 3.00 bits per heavy atom. The second kappa shape index (κ2) is 2.44. The molecule has 0 radical (unpaired) electrons. The Labute approximate surface area is 70.4 Å². The third-order valence-corrected chi connectivity index (χ3v) is 2.36. The van der Waals surface area contributed by atoms with E-state index < -0.39 is 0 Å². The van der Waals surface area contributed by atoms with Crippen LogP contribution in [0.5, 0.6) is 0 Å². The number of aromatic nitrogens is 3. The van der Waals surface area contributed by atoms with Gasteiger partial charge < -0.3 is 4.57 Å². The lowest BCUT2D eigenvalue weighted by Gasteiger charge is -1.99. The van der Waals surface area contributed by atoms with Crippen molar-refractivity contribution in [3.05, 3.63) is 10.6 Å². The van der Waals surface area contributed by atoms with Crippen LogP contribution in [0.4, 0.5) is 0 Å². The predicted octanol–water partition coefficient (Wildman–Crippen LogP) is 1.84. The van der Waals surface area contributed by atoms with Crippen LogP contribution in [0.15, 0.2) is 0 Å². The molecule has 0 aliphatic heterocycles. The van der Waals surface area contributed by atoms with Crippen LogP contribution in [-0.4, -0.2) is 14.8 Å². The van der Waals surface area contributed by atoms with Gasteiger partial charge in [0.2, 0.25) is 0 Å². The van der Waals surface area contributed by atoms with E-state index in [9.17, 15) is 0 Å². The second-order valence-electron chi connectivity index (χ2n) is 2.91. The largest absolute Gasteiger partial charge is 0.304 e. The van der Waals surface area contributed by atoms with Crippen LogP contribution in [0.25, 0.3) is 0 Å². The SMILES string of the molecule is CCn1c(C2CC2)n[nH]c1=S. The van der Waals surface area contributed by atoms with E-state index in [1.54, 1.807) is 0 Å². The first kappa shape index (κ1) is 7.03. The molecule has 4 heteroatoms. The van der Waals surface area contributed by atoms with Gasteiger partial charge in [0.25, 0.3) is 0 Å². The Bertz CT molecular complexity index is 308. The van der Waals surface area contributed by atoms with Crippen molar-refractivity contribution in [1.29, 1.82) is 0 Å². The van der Waals surface area contributed by atoms with Crippen molar-refractivity contribution in [3.63, 3.8) is 0 Å². The predicted molar refractivity (Wildman–Crippen MR) is 45.1 cm³/mol. The molecule has 0 atom stereocenters. The molecular weight excluding hydrogens is 158 g/mol. The summed E-state index contributed by atoms with van der Waals surface area (Å²) in [5.41, 5.74) is 0. The van der Waals surface area contributed by atoms with Gasteiger partial charge in [0.1, 0.15) is 5.82 Å². The van der Waals surface area contributed by atoms with Gasteiger partial charge in [-0.15, -0.1) is 0 Å². The molecule has 60 valence electrons. The molecule has 11 heavy (non-hydrogen) atoms. The van der Waals surface area contributed by atoms with Crippen molar-refractivity contribution in [2.75, 3.05) is 0 Å². The number of hydrogen-bond acceptors (Lipinski definition) is 2. The van der Waals surface area contributed by atoms with Gasteiger partial charge in [-0.1, -0.05) is 0 Å². The average Bonchev–Trinajstić information content (AvgIpc) is 2.76. The summed E-state index contributed by atoms with van der Waals surface area (Å²) in [7, 11) is 0. The van der Waals surface area contributed by atoms with E-state index in [2.05, 4.69) is 21.7 Å². The molecule has 1 heterocycles. The maximum Gasteiger partial charge on any atom is 0.195 e. The summed E-state index contributed by atoms with van der Waals surface area (Å²) in [6.07, 6.45) is 2.55. The number of rotatable bonds is 2. The Balaban J connectivity index is 2.44. The standard InChI is InChI=1S/C7H11N3S/c1-2-10-6(5-3-4-5)8-9-7(10)11/h5H,2-4H2,1H3,(H,9,11). The quantitative estimate of drug-likeness (QED) is 0.685. The van der Waals surface area contributed by atoms with E-state index in [0.717, 1.165) is 17.1 Å². The Hall–Kier alpha value is -0.640. The van der Waals surface area contributed by atoms with E-state index in [1.165, 1.54) is 12.8 Å². The van der Waals surface area contributed by atoms with Crippen LogP contribution in [-0.2, 0) is 6.54 Å². The van der Waals surface area contributed by atoms with E-state index >= 15 is 0 Å². The molecule has 2 rings (SSSR count). The van der Waals surface area contributed by atoms with Gasteiger partial charge in [0, 0.05) is 12.5 Å². The minimum absolute atomic E-state index is 0.683. The monoisotopic (exact) mass is 169 g/mol. The fraction of sp³-hybridized carbons (Fsp3) is 0.714. The molecule has 0 aromatic carbocycles. The van der Waals surface area contributed by atoms with Crippen LogP contribution in [0.1, 0.15) is 31.5 Å². The Morgan fingerprint density at radius 1 is 1.73 bits per heavy atom. The number of nitrogens with one attached hydrogen (secondary N) is 1. The van der Waals surface area contributed by atoms with Gasteiger partial charge in [-0.05, 0) is 32.0 Å². The highest BCUT2D eigenvalue weighted by Gasteiger charge is 2.28. The molecule has 1 aliphatic carbocycles. The smallest absolute Gasteiger partial charge is 0.195 e. The minimum Gasteiger partial charge on any atom is -0.304 e. The Kier molecular flexibility index (Phi) is 1.56. The third-order valence-electron chi connectivity index (χ3n) is 2.05. The number of nitrogens with zero attached hydrogens (tertiary/aromatic N) is 2. The Morgan fingerprint density at radius 2 is 2.45 bits per heavy atom. The van der Waals surface area contributed by atoms with Crippen LogP contribution >= 0.6 is 12.2 Å². The first-order valence-electron chi connectivity index (χ1n) is 3.98. The van der Waals surface area contributed by atoms with Crippen molar-refractivity contribution in [2.45, 2.75) is 32.2 Å². The molecule has 1 fully saturated rings. The summed E-state index contributed by atoms with van der Waals surface area (Å²) >= 11 is 5.06.